The Kier molecular flexibility index (Phi) is 5.66. The number of nitrogens with zero attached hydrogens (tertiary/aromatic N) is 2. The van der Waals surface area contributed by atoms with Gasteiger partial charge in [0.05, 0.1) is 22.7 Å². The molecule has 0 bridgehead atoms. The van der Waals surface area contributed by atoms with Crippen molar-refractivity contribution in [1.29, 1.82) is 0 Å². The number of anilines is 4. The number of aryl methyl sites for hydroxylation is 2. The summed E-state index contributed by atoms with van der Waals surface area (Å²) in [5, 5.41) is 0. The Morgan fingerprint density at radius 1 is 0.469 bits per heavy atom. The molecule has 0 atom stereocenters. The largest absolute Gasteiger partial charge is 0.343 e. The third-order valence-electron chi connectivity index (χ3n) is 5.85. The highest BCUT2D eigenvalue weighted by Gasteiger charge is 2.20. The Balaban J connectivity index is 0.000000136. The zero-order valence-electron chi connectivity index (χ0n) is 18.8. The van der Waals surface area contributed by atoms with E-state index in [4.69, 9.17) is 0 Å². The van der Waals surface area contributed by atoms with Crippen molar-refractivity contribution in [3.8, 4) is 0 Å². The first-order valence-corrected chi connectivity index (χ1v) is 12.4. The zero-order valence-corrected chi connectivity index (χ0v) is 20.4. The number of rotatable bonds is 0. The van der Waals surface area contributed by atoms with Crippen LogP contribution in [-0.2, 0) is 0 Å². The van der Waals surface area contributed by atoms with Crippen molar-refractivity contribution in [3.63, 3.8) is 0 Å². The monoisotopic (exact) mass is 454 g/mol. The van der Waals surface area contributed by atoms with Gasteiger partial charge in [0.25, 0.3) is 0 Å². The van der Waals surface area contributed by atoms with Crippen LogP contribution in [0.15, 0.2) is 105 Å². The van der Waals surface area contributed by atoms with Gasteiger partial charge >= 0.3 is 0 Å². The molecule has 0 aliphatic carbocycles. The van der Waals surface area contributed by atoms with Crippen LogP contribution >= 0.6 is 23.5 Å². The first kappa shape index (κ1) is 21.0. The first-order valence-electron chi connectivity index (χ1n) is 10.7. The molecule has 2 heterocycles. The molecule has 4 heteroatoms. The molecule has 6 rings (SSSR count). The van der Waals surface area contributed by atoms with E-state index in [2.05, 4.69) is 123 Å². The SMILES string of the molecule is CN1c2ccccc2Sc2ccccc21.Cc1ccc2c(c1)Sc1cc(C)ccc1N2C. The van der Waals surface area contributed by atoms with Crippen LogP contribution in [0.5, 0.6) is 0 Å². The summed E-state index contributed by atoms with van der Waals surface area (Å²) in [7, 11) is 4.26. The topological polar surface area (TPSA) is 6.48 Å². The summed E-state index contributed by atoms with van der Waals surface area (Å²) in [5.74, 6) is 0. The van der Waals surface area contributed by atoms with Crippen molar-refractivity contribution < 1.29 is 0 Å². The summed E-state index contributed by atoms with van der Waals surface area (Å²) in [6.45, 7) is 4.29. The molecule has 0 aromatic heterocycles. The molecule has 0 radical (unpaired) electrons. The highest BCUT2D eigenvalue weighted by molar-refractivity contribution is 8.00. The molecule has 4 aromatic rings. The fourth-order valence-electron chi connectivity index (χ4n) is 4.10. The minimum atomic E-state index is 1.29. The second-order valence-electron chi connectivity index (χ2n) is 8.20. The maximum Gasteiger partial charge on any atom is 0.0550 e. The van der Waals surface area contributed by atoms with E-state index < -0.39 is 0 Å². The number of para-hydroxylation sites is 2. The summed E-state index contributed by atoms with van der Waals surface area (Å²) >= 11 is 3.72. The van der Waals surface area contributed by atoms with Gasteiger partial charge in [-0.3, -0.25) is 0 Å². The number of hydrogen-bond donors (Lipinski definition) is 0. The van der Waals surface area contributed by atoms with Gasteiger partial charge in [0, 0.05) is 33.7 Å². The van der Waals surface area contributed by atoms with Crippen LogP contribution in [0.1, 0.15) is 11.1 Å². The lowest BCUT2D eigenvalue weighted by Crippen LogP contribution is -2.14. The van der Waals surface area contributed by atoms with Gasteiger partial charge in [0.1, 0.15) is 0 Å². The molecule has 0 saturated carbocycles. The normalized spacial score (nSPS) is 13.2. The van der Waals surface area contributed by atoms with Gasteiger partial charge < -0.3 is 9.80 Å². The predicted octanol–water partition coefficient (Wildman–Crippen LogP) is 8.46. The molecule has 0 spiro atoms. The lowest BCUT2D eigenvalue weighted by molar-refractivity contribution is 1.10. The fourth-order valence-corrected chi connectivity index (χ4v) is 6.59. The van der Waals surface area contributed by atoms with E-state index in [1.807, 2.05) is 23.5 Å². The molecular weight excluding hydrogens is 428 g/mol. The number of fused-ring (bicyclic) bond motifs is 4. The molecule has 0 saturated heterocycles. The Labute approximate surface area is 199 Å². The predicted molar refractivity (Wildman–Crippen MR) is 140 cm³/mol. The summed E-state index contributed by atoms with van der Waals surface area (Å²) in [5.41, 5.74) is 7.83. The van der Waals surface area contributed by atoms with Crippen molar-refractivity contribution in [3.05, 3.63) is 96.1 Å². The van der Waals surface area contributed by atoms with Crippen LogP contribution in [0.3, 0.4) is 0 Å². The van der Waals surface area contributed by atoms with Gasteiger partial charge in [-0.05, 0) is 73.5 Å². The third kappa shape index (κ3) is 3.89. The van der Waals surface area contributed by atoms with Crippen molar-refractivity contribution >= 4 is 46.3 Å². The van der Waals surface area contributed by atoms with E-state index in [-0.39, 0.29) is 0 Å². The first-order chi connectivity index (χ1) is 15.5. The maximum atomic E-state index is 2.28. The molecule has 2 aliphatic rings. The van der Waals surface area contributed by atoms with Crippen molar-refractivity contribution in [2.45, 2.75) is 33.4 Å². The molecule has 2 aliphatic heterocycles. The Bertz CT molecular complexity index is 1200. The number of benzene rings is 4. The van der Waals surface area contributed by atoms with Crippen LogP contribution in [0.2, 0.25) is 0 Å². The average molecular weight is 455 g/mol. The number of hydrogen-bond acceptors (Lipinski definition) is 4. The Morgan fingerprint density at radius 2 is 0.844 bits per heavy atom. The van der Waals surface area contributed by atoms with Crippen LogP contribution in [0.4, 0.5) is 22.7 Å². The van der Waals surface area contributed by atoms with Crippen LogP contribution in [-0.4, -0.2) is 14.1 Å². The quantitative estimate of drug-likeness (QED) is 0.263. The van der Waals surface area contributed by atoms with E-state index in [1.54, 1.807) is 0 Å². The second-order valence-corrected chi connectivity index (χ2v) is 10.4. The molecule has 0 N–H and O–H groups in total. The molecule has 0 amide bonds. The van der Waals surface area contributed by atoms with Gasteiger partial charge in [-0.1, -0.05) is 59.9 Å². The standard InChI is InChI=1S/C15H15NS.C13H11NS/c1-10-4-6-12-14(8-10)17-15-9-11(2)5-7-13(15)16(12)3;1-14-10-6-2-4-8-12(10)15-13-9-5-3-7-11(13)14/h4-9H,1-3H3;2-9H,1H3. The van der Waals surface area contributed by atoms with Gasteiger partial charge in [-0.25, -0.2) is 0 Å². The van der Waals surface area contributed by atoms with Crippen molar-refractivity contribution in [2.75, 3.05) is 23.9 Å². The van der Waals surface area contributed by atoms with Crippen LogP contribution in [0, 0.1) is 13.8 Å². The summed E-state index contributed by atoms with van der Waals surface area (Å²) < 4.78 is 0. The molecule has 2 nitrogen and oxygen atoms in total. The van der Waals surface area contributed by atoms with Gasteiger partial charge in [-0.15, -0.1) is 0 Å². The van der Waals surface area contributed by atoms with Crippen molar-refractivity contribution in [2.24, 2.45) is 0 Å². The van der Waals surface area contributed by atoms with Crippen molar-refractivity contribution in [1.82, 2.24) is 0 Å². The van der Waals surface area contributed by atoms with Crippen LogP contribution < -0.4 is 9.80 Å². The lowest BCUT2D eigenvalue weighted by atomic mass is 10.1. The minimum absolute atomic E-state index is 1.29. The summed E-state index contributed by atoms with van der Waals surface area (Å²) in [6, 6.07) is 30.3. The molecule has 4 aromatic carbocycles. The van der Waals surface area contributed by atoms with Gasteiger partial charge in [-0.2, -0.15) is 0 Å². The molecule has 160 valence electrons. The molecule has 0 fully saturated rings. The molecule has 0 unspecified atom stereocenters. The highest BCUT2D eigenvalue weighted by atomic mass is 32.2. The maximum absolute atomic E-state index is 2.28. The Hall–Kier alpha value is -2.82. The fraction of sp³-hybridized carbons (Fsp3) is 0.143. The highest BCUT2D eigenvalue weighted by Crippen LogP contribution is 2.48. The molecular formula is C28H26N2S2. The lowest BCUT2D eigenvalue weighted by Gasteiger charge is -2.29. The van der Waals surface area contributed by atoms with Crippen LogP contribution in [0.25, 0.3) is 0 Å². The molecule has 32 heavy (non-hydrogen) atoms. The minimum Gasteiger partial charge on any atom is -0.343 e. The van der Waals surface area contributed by atoms with E-state index in [9.17, 15) is 0 Å². The van der Waals surface area contributed by atoms with Gasteiger partial charge in [0.15, 0.2) is 0 Å². The average Bonchev–Trinajstić information content (AvgIpc) is 2.79. The third-order valence-corrected chi connectivity index (χ3v) is 8.07. The van der Waals surface area contributed by atoms with E-state index >= 15 is 0 Å². The summed E-state index contributed by atoms with van der Waals surface area (Å²) in [4.78, 5) is 9.90. The van der Waals surface area contributed by atoms with E-state index in [0.29, 0.717) is 0 Å². The zero-order chi connectivity index (χ0) is 22.2. The Morgan fingerprint density at radius 3 is 1.31 bits per heavy atom. The van der Waals surface area contributed by atoms with Gasteiger partial charge in [0.2, 0.25) is 0 Å². The van der Waals surface area contributed by atoms with E-state index in [0.717, 1.165) is 0 Å². The summed E-state index contributed by atoms with van der Waals surface area (Å²) in [6.07, 6.45) is 0. The second kappa shape index (κ2) is 8.61. The smallest absolute Gasteiger partial charge is 0.0550 e. The van der Waals surface area contributed by atoms with E-state index in [1.165, 1.54) is 53.5 Å².